The molecule has 1 unspecified atom stereocenters. The number of nitrogens with one attached hydrogen (secondary N) is 2. The van der Waals surface area contributed by atoms with Gasteiger partial charge in [0.15, 0.2) is 6.10 Å². The smallest absolute Gasteiger partial charge is 0.335 e. The molecule has 2 rings (SSSR count). The van der Waals surface area contributed by atoms with Crippen LogP contribution in [0.1, 0.15) is 33.3 Å². The SMILES string of the molecule is CC(C)NCCOCCOCC(=O)Nc1cc(COC(C)C)ccc1OC1O[C@H](C(=O)O)[C@@H](O)[C@H](O)[C@H]1O. The van der Waals surface area contributed by atoms with Crippen molar-refractivity contribution in [3.8, 4) is 5.75 Å². The highest BCUT2D eigenvalue weighted by molar-refractivity contribution is 5.93. The Bertz CT molecular complexity index is 883. The first-order valence-electron chi connectivity index (χ1n) is 12.5. The molecule has 0 spiro atoms. The third kappa shape index (κ3) is 10.4. The lowest BCUT2D eigenvalue weighted by Crippen LogP contribution is -2.61. The van der Waals surface area contributed by atoms with Gasteiger partial charge < -0.3 is 54.7 Å². The number of carboxylic acids is 1. The molecule has 1 aromatic rings. The number of carbonyl (C=O) groups is 2. The Balaban J connectivity index is 2.02. The topological polar surface area (TPSA) is 185 Å². The summed E-state index contributed by atoms with van der Waals surface area (Å²) in [5.41, 5.74) is 0.886. The number of benzene rings is 1. The first kappa shape index (κ1) is 31.9. The Hall–Kier alpha value is -2.36. The van der Waals surface area contributed by atoms with Gasteiger partial charge in [0.2, 0.25) is 12.2 Å². The van der Waals surface area contributed by atoms with Crippen molar-refractivity contribution in [2.75, 3.05) is 38.3 Å². The van der Waals surface area contributed by atoms with E-state index in [0.29, 0.717) is 31.4 Å². The lowest BCUT2D eigenvalue weighted by atomic mass is 9.99. The van der Waals surface area contributed by atoms with Gasteiger partial charge in [0.1, 0.15) is 30.7 Å². The summed E-state index contributed by atoms with van der Waals surface area (Å²) in [6.45, 7) is 9.56. The number of anilines is 1. The summed E-state index contributed by atoms with van der Waals surface area (Å²) in [5, 5.41) is 45.4. The molecular weight excluding hydrogens is 504 g/mol. The normalized spacial score (nSPS) is 23.6. The van der Waals surface area contributed by atoms with E-state index in [0.717, 1.165) is 0 Å². The molecule has 1 aliphatic heterocycles. The summed E-state index contributed by atoms with van der Waals surface area (Å²) in [6, 6.07) is 5.10. The van der Waals surface area contributed by atoms with Gasteiger partial charge in [0, 0.05) is 12.6 Å². The first-order valence-corrected chi connectivity index (χ1v) is 12.5. The predicted octanol–water partition coefficient (Wildman–Crippen LogP) is -0.148. The van der Waals surface area contributed by atoms with Gasteiger partial charge in [-0.25, -0.2) is 4.79 Å². The van der Waals surface area contributed by atoms with Crippen molar-refractivity contribution in [3.63, 3.8) is 0 Å². The molecule has 1 amide bonds. The minimum Gasteiger partial charge on any atom is -0.479 e. The lowest BCUT2D eigenvalue weighted by molar-refractivity contribution is -0.271. The average molecular weight is 545 g/mol. The molecule has 13 heteroatoms. The molecule has 0 saturated carbocycles. The van der Waals surface area contributed by atoms with Crippen molar-refractivity contribution in [2.24, 2.45) is 0 Å². The average Bonchev–Trinajstić information content (AvgIpc) is 2.85. The molecule has 0 radical (unpaired) electrons. The maximum atomic E-state index is 12.5. The number of rotatable bonds is 16. The molecular formula is C25H40N2O11. The van der Waals surface area contributed by atoms with Crippen LogP contribution in [-0.2, 0) is 35.1 Å². The van der Waals surface area contributed by atoms with Crippen molar-refractivity contribution in [1.82, 2.24) is 5.32 Å². The fourth-order valence-corrected chi connectivity index (χ4v) is 3.40. The van der Waals surface area contributed by atoms with Crippen LogP contribution in [0.4, 0.5) is 5.69 Å². The summed E-state index contributed by atoms with van der Waals surface area (Å²) in [7, 11) is 0. The van der Waals surface area contributed by atoms with E-state index >= 15 is 0 Å². The van der Waals surface area contributed by atoms with Crippen LogP contribution in [0.25, 0.3) is 0 Å². The third-order valence-electron chi connectivity index (χ3n) is 5.36. The largest absolute Gasteiger partial charge is 0.479 e. The van der Waals surface area contributed by atoms with E-state index in [1.807, 2.05) is 27.7 Å². The quantitative estimate of drug-likeness (QED) is 0.152. The van der Waals surface area contributed by atoms with Crippen molar-refractivity contribution in [2.45, 2.75) is 77.2 Å². The molecule has 6 N–H and O–H groups in total. The highest BCUT2D eigenvalue weighted by Crippen LogP contribution is 2.31. The predicted molar refractivity (Wildman–Crippen MR) is 135 cm³/mol. The van der Waals surface area contributed by atoms with Crippen LogP contribution in [0.3, 0.4) is 0 Å². The Kier molecular flexibility index (Phi) is 13.3. The maximum Gasteiger partial charge on any atom is 0.335 e. The fraction of sp³-hybridized carbons (Fsp3) is 0.680. The zero-order chi connectivity index (χ0) is 28.2. The second kappa shape index (κ2) is 15.9. The van der Waals surface area contributed by atoms with E-state index in [-0.39, 0.29) is 37.4 Å². The van der Waals surface area contributed by atoms with Crippen LogP contribution in [0, 0.1) is 0 Å². The van der Waals surface area contributed by atoms with Gasteiger partial charge in [-0.1, -0.05) is 19.9 Å². The second-order valence-corrected chi connectivity index (χ2v) is 9.37. The number of ether oxygens (including phenoxy) is 5. The van der Waals surface area contributed by atoms with Crippen molar-refractivity contribution in [3.05, 3.63) is 23.8 Å². The summed E-state index contributed by atoms with van der Waals surface area (Å²) in [4.78, 5) is 23.9. The third-order valence-corrected chi connectivity index (χ3v) is 5.36. The molecule has 1 heterocycles. The van der Waals surface area contributed by atoms with Gasteiger partial charge in [-0.3, -0.25) is 4.79 Å². The number of carboxylic acid groups (broad SMARTS) is 1. The number of carbonyl (C=O) groups excluding carboxylic acids is 1. The summed E-state index contributed by atoms with van der Waals surface area (Å²) >= 11 is 0. The number of aliphatic hydroxyl groups excluding tert-OH is 3. The van der Waals surface area contributed by atoms with Crippen LogP contribution >= 0.6 is 0 Å². The van der Waals surface area contributed by atoms with Gasteiger partial charge in [0.05, 0.1) is 38.2 Å². The van der Waals surface area contributed by atoms with Crippen molar-refractivity contribution < 1.29 is 53.7 Å². The standard InChI is InChI=1S/C25H40N2O11/c1-14(2)26-7-8-34-9-10-35-13-19(28)27-17-11-16(12-36-15(3)4)5-6-18(17)37-25-22(31)20(29)21(30)23(38-25)24(32)33/h5-6,11,14-15,20-23,25-26,29-31H,7-10,12-13H2,1-4H3,(H,27,28)(H,32,33)/t20-,21-,22+,23-,25?/m0/s1. The highest BCUT2D eigenvalue weighted by Gasteiger charge is 2.48. The molecule has 216 valence electrons. The highest BCUT2D eigenvalue weighted by atomic mass is 16.7. The Morgan fingerprint density at radius 2 is 1.71 bits per heavy atom. The number of hydrogen-bond donors (Lipinski definition) is 6. The van der Waals surface area contributed by atoms with Gasteiger partial charge in [-0.2, -0.15) is 0 Å². The van der Waals surface area contributed by atoms with E-state index in [4.69, 9.17) is 23.7 Å². The minimum atomic E-state index is -1.86. The van der Waals surface area contributed by atoms with Crippen molar-refractivity contribution in [1.29, 1.82) is 0 Å². The molecule has 1 saturated heterocycles. The van der Waals surface area contributed by atoms with E-state index in [9.17, 15) is 30.0 Å². The zero-order valence-corrected chi connectivity index (χ0v) is 22.2. The fourth-order valence-electron chi connectivity index (χ4n) is 3.40. The van der Waals surface area contributed by atoms with Gasteiger partial charge in [0.25, 0.3) is 0 Å². The Labute approximate surface area is 222 Å². The van der Waals surface area contributed by atoms with Crippen molar-refractivity contribution >= 4 is 17.6 Å². The summed E-state index contributed by atoms with van der Waals surface area (Å²) < 4.78 is 27.2. The monoisotopic (exact) mass is 544 g/mol. The summed E-state index contributed by atoms with van der Waals surface area (Å²) in [5.74, 6) is -2.00. The molecule has 1 fully saturated rings. The molecule has 0 aliphatic carbocycles. The molecule has 0 aromatic heterocycles. The van der Waals surface area contributed by atoms with Crippen LogP contribution < -0.4 is 15.4 Å². The van der Waals surface area contributed by atoms with E-state index in [1.54, 1.807) is 12.1 Å². The van der Waals surface area contributed by atoms with Gasteiger partial charge in [-0.05, 0) is 31.5 Å². The molecule has 0 bridgehead atoms. The Morgan fingerprint density at radius 3 is 2.37 bits per heavy atom. The van der Waals surface area contributed by atoms with Crippen LogP contribution in [-0.4, -0.2) is 108 Å². The Morgan fingerprint density at radius 1 is 1.00 bits per heavy atom. The van der Waals surface area contributed by atoms with E-state index < -0.39 is 42.6 Å². The van der Waals surface area contributed by atoms with Gasteiger partial charge >= 0.3 is 5.97 Å². The minimum absolute atomic E-state index is 0.0319. The number of amides is 1. The maximum absolute atomic E-state index is 12.5. The zero-order valence-electron chi connectivity index (χ0n) is 22.2. The van der Waals surface area contributed by atoms with E-state index in [2.05, 4.69) is 10.6 Å². The van der Waals surface area contributed by atoms with Gasteiger partial charge in [-0.15, -0.1) is 0 Å². The van der Waals surface area contributed by atoms with Crippen LogP contribution in [0.15, 0.2) is 18.2 Å². The molecule has 38 heavy (non-hydrogen) atoms. The molecule has 1 aromatic carbocycles. The van der Waals surface area contributed by atoms with E-state index in [1.165, 1.54) is 6.07 Å². The summed E-state index contributed by atoms with van der Waals surface area (Å²) in [6.07, 6.45) is -8.94. The van der Waals surface area contributed by atoms with Crippen LogP contribution in [0.2, 0.25) is 0 Å². The lowest BCUT2D eigenvalue weighted by Gasteiger charge is -2.38. The van der Waals surface area contributed by atoms with Crippen LogP contribution in [0.5, 0.6) is 5.75 Å². The number of aliphatic carboxylic acids is 1. The number of aliphatic hydroxyl groups is 3. The second-order valence-electron chi connectivity index (χ2n) is 9.37. The first-order chi connectivity index (χ1) is 18.0. The molecule has 1 aliphatic rings. The molecule has 13 nitrogen and oxygen atoms in total. The molecule has 5 atom stereocenters. The number of hydrogen-bond acceptors (Lipinski definition) is 11.